The number of carboxylic acids is 1. The quantitative estimate of drug-likeness (QED) is 0.920. The smallest absolute Gasteiger partial charge is 0.312 e. The molecule has 1 N–H and O–H groups in total. The van der Waals surface area contributed by atoms with Gasteiger partial charge in [0.05, 0.1) is 5.69 Å². The minimum atomic E-state index is -0.912. The van der Waals surface area contributed by atoms with Crippen molar-refractivity contribution in [2.75, 3.05) is 0 Å². The number of halogens is 1. The van der Waals surface area contributed by atoms with Gasteiger partial charge in [0.25, 0.3) is 0 Å². The zero-order chi connectivity index (χ0) is 13.0. The minimum Gasteiger partial charge on any atom is -0.481 e. The van der Waals surface area contributed by atoms with E-state index in [2.05, 4.69) is 9.97 Å². The maximum absolute atomic E-state index is 11.3. The van der Waals surface area contributed by atoms with Crippen LogP contribution in [0.3, 0.4) is 0 Å². The van der Waals surface area contributed by atoms with E-state index in [1.165, 1.54) is 18.6 Å². The lowest BCUT2D eigenvalue weighted by atomic mass is 9.96. The first kappa shape index (κ1) is 12.5. The van der Waals surface area contributed by atoms with Crippen molar-refractivity contribution >= 4 is 17.6 Å². The van der Waals surface area contributed by atoms with Crippen LogP contribution in [0.1, 0.15) is 17.2 Å². The van der Waals surface area contributed by atoms with Crippen molar-refractivity contribution in [2.45, 2.75) is 12.3 Å². The molecule has 2 aromatic rings. The fourth-order valence-electron chi connectivity index (χ4n) is 1.67. The number of aromatic nitrogens is 2. The Hall–Kier alpha value is -1.94. The van der Waals surface area contributed by atoms with Crippen molar-refractivity contribution in [2.24, 2.45) is 0 Å². The van der Waals surface area contributed by atoms with Gasteiger partial charge < -0.3 is 5.11 Å². The molecule has 0 aliphatic carbocycles. The van der Waals surface area contributed by atoms with Gasteiger partial charge in [0.2, 0.25) is 0 Å². The lowest BCUT2D eigenvalue weighted by Gasteiger charge is -2.11. The molecule has 1 atom stereocenters. The van der Waals surface area contributed by atoms with E-state index in [1.807, 2.05) is 12.1 Å². The molecule has 92 valence electrons. The normalized spacial score (nSPS) is 12.1. The molecule has 0 aliphatic heterocycles. The lowest BCUT2D eigenvalue weighted by molar-refractivity contribution is -0.138. The summed E-state index contributed by atoms with van der Waals surface area (Å²) in [6, 6.07) is 7.11. The summed E-state index contributed by atoms with van der Waals surface area (Å²) in [6.07, 6.45) is 4.86. The standard InChI is InChI=1S/C13H11ClN2O2/c14-10-3-1-9(2-4-10)7-11(13(17)18)12-8-15-5-6-16-12/h1-6,8,11H,7H2,(H,17,18). The van der Waals surface area contributed by atoms with Gasteiger partial charge in [-0.1, -0.05) is 23.7 Å². The van der Waals surface area contributed by atoms with E-state index >= 15 is 0 Å². The molecule has 0 amide bonds. The summed E-state index contributed by atoms with van der Waals surface area (Å²) in [5, 5.41) is 9.88. The van der Waals surface area contributed by atoms with E-state index in [-0.39, 0.29) is 0 Å². The summed E-state index contributed by atoms with van der Waals surface area (Å²) in [5.74, 6) is -1.61. The Labute approximate surface area is 109 Å². The lowest BCUT2D eigenvalue weighted by Crippen LogP contribution is -2.16. The summed E-state index contributed by atoms with van der Waals surface area (Å²) in [7, 11) is 0. The second kappa shape index (κ2) is 5.60. The summed E-state index contributed by atoms with van der Waals surface area (Å²) in [4.78, 5) is 19.2. The van der Waals surface area contributed by atoms with Crippen molar-refractivity contribution in [3.63, 3.8) is 0 Å². The molecular weight excluding hydrogens is 252 g/mol. The van der Waals surface area contributed by atoms with Gasteiger partial charge in [-0.2, -0.15) is 0 Å². The first-order valence-corrected chi connectivity index (χ1v) is 5.78. The van der Waals surface area contributed by atoms with Gasteiger partial charge in [-0.05, 0) is 24.1 Å². The number of carbonyl (C=O) groups is 1. The predicted octanol–water partition coefficient (Wildman–Crippen LogP) is 2.54. The molecule has 0 saturated heterocycles. The molecule has 0 fully saturated rings. The third-order valence-corrected chi connectivity index (χ3v) is 2.84. The number of hydrogen-bond acceptors (Lipinski definition) is 3. The van der Waals surface area contributed by atoms with E-state index in [0.29, 0.717) is 17.1 Å². The molecule has 18 heavy (non-hydrogen) atoms. The minimum absolute atomic E-state index is 0.366. The number of aliphatic carboxylic acids is 1. The molecule has 1 aromatic carbocycles. The summed E-state index contributed by atoms with van der Waals surface area (Å²) in [5.41, 5.74) is 1.36. The molecule has 0 spiro atoms. The fraction of sp³-hybridized carbons (Fsp3) is 0.154. The second-order valence-electron chi connectivity index (χ2n) is 3.85. The molecule has 0 aliphatic rings. The van der Waals surface area contributed by atoms with Crippen molar-refractivity contribution < 1.29 is 9.90 Å². The molecular formula is C13H11ClN2O2. The van der Waals surface area contributed by atoms with E-state index in [0.717, 1.165) is 5.56 Å². The molecule has 0 radical (unpaired) electrons. The summed E-state index contributed by atoms with van der Waals surface area (Å²) >= 11 is 5.79. The van der Waals surface area contributed by atoms with Gasteiger partial charge in [-0.25, -0.2) is 0 Å². The molecule has 1 aromatic heterocycles. The SMILES string of the molecule is O=C(O)C(Cc1ccc(Cl)cc1)c1cnccn1. The first-order chi connectivity index (χ1) is 8.66. The maximum atomic E-state index is 11.3. The maximum Gasteiger partial charge on any atom is 0.312 e. The van der Waals surface area contributed by atoms with E-state index in [9.17, 15) is 9.90 Å². The van der Waals surface area contributed by atoms with Crippen LogP contribution >= 0.6 is 11.6 Å². The van der Waals surface area contributed by atoms with Gasteiger partial charge >= 0.3 is 5.97 Å². The van der Waals surface area contributed by atoms with Crippen LogP contribution in [-0.2, 0) is 11.2 Å². The average molecular weight is 263 g/mol. The fourth-order valence-corrected chi connectivity index (χ4v) is 1.79. The van der Waals surface area contributed by atoms with Crippen LogP contribution in [0.15, 0.2) is 42.9 Å². The van der Waals surface area contributed by atoms with Crippen LogP contribution in [0.5, 0.6) is 0 Å². The van der Waals surface area contributed by atoms with Gasteiger partial charge in [0.1, 0.15) is 5.92 Å². The van der Waals surface area contributed by atoms with E-state index in [4.69, 9.17) is 11.6 Å². The highest BCUT2D eigenvalue weighted by Gasteiger charge is 2.21. The van der Waals surface area contributed by atoms with Gasteiger partial charge in [-0.15, -0.1) is 0 Å². The summed E-state index contributed by atoms with van der Waals surface area (Å²) < 4.78 is 0. The Bertz CT molecular complexity index is 528. The highest BCUT2D eigenvalue weighted by Crippen LogP contribution is 2.20. The molecule has 5 heteroatoms. The Morgan fingerprint density at radius 3 is 2.56 bits per heavy atom. The largest absolute Gasteiger partial charge is 0.481 e. The third kappa shape index (κ3) is 3.05. The zero-order valence-electron chi connectivity index (χ0n) is 9.45. The van der Waals surface area contributed by atoms with Crippen LogP contribution in [0, 0.1) is 0 Å². The number of carboxylic acid groups (broad SMARTS) is 1. The van der Waals surface area contributed by atoms with Gasteiger partial charge in [-0.3, -0.25) is 14.8 Å². The molecule has 0 bridgehead atoms. The molecule has 2 rings (SSSR count). The Morgan fingerprint density at radius 1 is 1.28 bits per heavy atom. The van der Waals surface area contributed by atoms with Gasteiger partial charge in [0, 0.05) is 23.6 Å². The van der Waals surface area contributed by atoms with E-state index in [1.54, 1.807) is 12.1 Å². The Balaban J connectivity index is 2.22. The molecule has 1 unspecified atom stereocenters. The first-order valence-electron chi connectivity index (χ1n) is 5.40. The predicted molar refractivity (Wildman–Crippen MR) is 67.6 cm³/mol. The van der Waals surface area contributed by atoms with Gasteiger partial charge in [0.15, 0.2) is 0 Å². The molecule has 4 nitrogen and oxygen atoms in total. The highest BCUT2D eigenvalue weighted by atomic mass is 35.5. The highest BCUT2D eigenvalue weighted by molar-refractivity contribution is 6.30. The summed E-state index contributed by atoms with van der Waals surface area (Å²) in [6.45, 7) is 0. The average Bonchev–Trinajstić information content (AvgIpc) is 2.38. The van der Waals surface area contributed by atoms with Crippen LogP contribution in [0.25, 0.3) is 0 Å². The van der Waals surface area contributed by atoms with E-state index < -0.39 is 11.9 Å². The van der Waals surface area contributed by atoms with Crippen LogP contribution < -0.4 is 0 Å². The van der Waals surface area contributed by atoms with Crippen LogP contribution in [0.4, 0.5) is 0 Å². The third-order valence-electron chi connectivity index (χ3n) is 2.59. The van der Waals surface area contributed by atoms with Crippen molar-refractivity contribution in [3.05, 3.63) is 59.1 Å². The Morgan fingerprint density at radius 2 is 2.00 bits per heavy atom. The number of rotatable bonds is 4. The second-order valence-corrected chi connectivity index (χ2v) is 4.29. The van der Waals surface area contributed by atoms with Crippen molar-refractivity contribution in [1.29, 1.82) is 0 Å². The zero-order valence-corrected chi connectivity index (χ0v) is 10.2. The topological polar surface area (TPSA) is 63.1 Å². The Kier molecular flexibility index (Phi) is 3.89. The molecule has 1 heterocycles. The number of nitrogens with zero attached hydrogens (tertiary/aromatic N) is 2. The van der Waals surface area contributed by atoms with Crippen LogP contribution in [-0.4, -0.2) is 21.0 Å². The number of benzene rings is 1. The van der Waals surface area contributed by atoms with Crippen LogP contribution in [0.2, 0.25) is 5.02 Å². The monoisotopic (exact) mass is 262 g/mol. The number of hydrogen-bond donors (Lipinski definition) is 1. The molecule has 0 saturated carbocycles. The van der Waals surface area contributed by atoms with Crippen molar-refractivity contribution in [3.8, 4) is 0 Å². The van der Waals surface area contributed by atoms with Crippen molar-refractivity contribution in [1.82, 2.24) is 9.97 Å².